The van der Waals surface area contributed by atoms with Crippen LogP contribution in [0.15, 0.2) is 0 Å². The van der Waals surface area contributed by atoms with Crippen molar-refractivity contribution < 1.29 is 14.6 Å². The van der Waals surface area contributed by atoms with Crippen molar-refractivity contribution in [2.45, 2.75) is 32.5 Å². The third kappa shape index (κ3) is 2.46. The first-order valence-corrected chi connectivity index (χ1v) is 2.80. The summed E-state index contributed by atoms with van der Waals surface area (Å²) >= 11 is 0. The molecule has 9 heavy (non-hydrogen) atoms. The fraction of sp³-hybridized carbons (Fsp3) is 0.833. The van der Waals surface area contributed by atoms with Gasteiger partial charge in [-0.3, -0.25) is 4.79 Å². The summed E-state index contributed by atoms with van der Waals surface area (Å²) in [6.07, 6.45) is -0.636. The monoisotopic (exact) mass is 132 g/mol. The van der Waals surface area contributed by atoms with Crippen LogP contribution >= 0.6 is 0 Å². The maximum Gasteiger partial charge on any atom is 0.293 e. The van der Waals surface area contributed by atoms with Gasteiger partial charge in [-0.25, -0.2) is 0 Å². The van der Waals surface area contributed by atoms with E-state index in [2.05, 4.69) is 4.74 Å². The minimum absolute atomic E-state index is 0.340. The van der Waals surface area contributed by atoms with Crippen LogP contribution in [0.25, 0.3) is 0 Å². The predicted molar refractivity (Wildman–Crippen MR) is 32.9 cm³/mol. The van der Waals surface area contributed by atoms with Crippen LogP contribution in [-0.2, 0) is 9.53 Å². The van der Waals surface area contributed by atoms with E-state index in [-0.39, 0.29) is 0 Å². The zero-order valence-electron chi connectivity index (χ0n) is 5.92. The number of hydrogen-bond donors (Lipinski definition) is 1. The summed E-state index contributed by atoms with van der Waals surface area (Å²) in [5, 5.41) is 8.93. The van der Waals surface area contributed by atoms with Gasteiger partial charge >= 0.3 is 0 Å². The summed E-state index contributed by atoms with van der Waals surface area (Å²) in [6.45, 7) is 5.20. The highest BCUT2D eigenvalue weighted by molar-refractivity contribution is 5.38. The molecule has 0 aliphatic heterocycles. The van der Waals surface area contributed by atoms with Gasteiger partial charge in [0.05, 0.1) is 6.10 Å². The van der Waals surface area contributed by atoms with Gasteiger partial charge in [0.1, 0.15) is 5.60 Å². The van der Waals surface area contributed by atoms with E-state index in [1.807, 2.05) is 0 Å². The molecule has 1 atom stereocenters. The maximum atomic E-state index is 9.79. The van der Waals surface area contributed by atoms with Crippen molar-refractivity contribution in [3.8, 4) is 0 Å². The van der Waals surface area contributed by atoms with Crippen molar-refractivity contribution in [2.75, 3.05) is 0 Å². The summed E-state index contributed by atoms with van der Waals surface area (Å²) in [7, 11) is 0. The fourth-order valence-electron chi connectivity index (χ4n) is 0.222. The molecule has 54 valence electrons. The number of carbonyl (C=O) groups excluding carboxylic acids is 1. The Morgan fingerprint density at radius 3 is 2.22 bits per heavy atom. The lowest BCUT2D eigenvalue weighted by molar-refractivity contribution is -0.150. The van der Waals surface area contributed by atoms with E-state index in [4.69, 9.17) is 5.11 Å². The zero-order chi connectivity index (χ0) is 7.49. The molecule has 0 amide bonds. The Morgan fingerprint density at radius 1 is 1.67 bits per heavy atom. The second-order valence-corrected chi connectivity index (χ2v) is 2.49. The molecule has 0 saturated carbocycles. The molecule has 0 spiro atoms. The van der Waals surface area contributed by atoms with E-state index < -0.39 is 11.7 Å². The SMILES string of the molecule is CC(O)C(C)(C)OC=O. The summed E-state index contributed by atoms with van der Waals surface area (Å²) in [6, 6.07) is 0. The van der Waals surface area contributed by atoms with Crippen molar-refractivity contribution in [1.82, 2.24) is 0 Å². The lowest BCUT2D eigenvalue weighted by Crippen LogP contribution is -2.36. The first kappa shape index (κ1) is 8.43. The first-order valence-electron chi connectivity index (χ1n) is 2.80. The Bertz CT molecular complexity index is 96.5. The molecule has 3 nitrogen and oxygen atoms in total. The molecular weight excluding hydrogens is 120 g/mol. The van der Waals surface area contributed by atoms with Crippen LogP contribution in [0.5, 0.6) is 0 Å². The molecular formula is C6H12O3. The molecule has 0 aromatic rings. The third-order valence-electron chi connectivity index (χ3n) is 1.36. The molecule has 0 bridgehead atoms. The number of hydrogen-bond acceptors (Lipinski definition) is 3. The quantitative estimate of drug-likeness (QED) is 0.562. The smallest absolute Gasteiger partial charge is 0.293 e. The summed E-state index contributed by atoms with van der Waals surface area (Å²) < 4.78 is 4.56. The second kappa shape index (κ2) is 2.82. The van der Waals surface area contributed by atoms with Crippen molar-refractivity contribution in [2.24, 2.45) is 0 Å². The molecule has 1 unspecified atom stereocenters. The van der Waals surface area contributed by atoms with Crippen LogP contribution in [0.2, 0.25) is 0 Å². The summed E-state index contributed by atoms with van der Waals surface area (Å²) in [5.41, 5.74) is -0.762. The van der Waals surface area contributed by atoms with Gasteiger partial charge < -0.3 is 9.84 Å². The second-order valence-electron chi connectivity index (χ2n) is 2.49. The van der Waals surface area contributed by atoms with Crippen molar-refractivity contribution in [3.63, 3.8) is 0 Å². The summed E-state index contributed by atoms with van der Waals surface area (Å²) in [4.78, 5) is 9.79. The first-order chi connectivity index (χ1) is 4.00. The average molecular weight is 132 g/mol. The molecule has 0 fully saturated rings. The third-order valence-corrected chi connectivity index (χ3v) is 1.36. The Morgan fingerprint density at radius 2 is 2.11 bits per heavy atom. The molecule has 1 N–H and O–H groups in total. The average Bonchev–Trinajstić information content (AvgIpc) is 1.65. The largest absolute Gasteiger partial charge is 0.459 e. The van der Waals surface area contributed by atoms with Gasteiger partial charge in [-0.15, -0.1) is 0 Å². The topological polar surface area (TPSA) is 46.5 Å². The van der Waals surface area contributed by atoms with Crippen LogP contribution in [0.4, 0.5) is 0 Å². The van der Waals surface area contributed by atoms with E-state index in [0.29, 0.717) is 6.47 Å². The minimum Gasteiger partial charge on any atom is -0.459 e. The van der Waals surface area contributed by atoms with Crippen LogP contribution in [0.3, 0.4) is 0 Å². The molecule has 3 heteroatoms. The molecule has 0 saturated heterocycles. The highest BCUT2D eigenvalue weighted by atomic mass is 16.5. The van der Waals surface area contributed by atoms with Gasteiger partial charge in [0, 0.05) is 0 Å². The normalized spacial score (nSPS) is 14.7. The number of ether oxygens (including phenoxy) is 1. The predicted octanol–water partition coefficient (Wildman–Crippen LogP) is 0.319. The van der Waals surface area contributed by atoms with Crippen LogP contribution in [-0.4, -0.2) is 23.3 Å². The standard InChI is InChI=1S/C6H12O3/c1-5(8)6(2,3)9-4-7/h4-5,8H,1-3H3. The van der Waals surface area contributed by atoms with Gasteiger partial charge in [-0.05, 0) is 20.8 Å². The summed E-state index contributed by atoms with van der Waals surface area (Å²) in [5.74, 6) is 0. The van der Waals surface area contributed by atoms with Crippen LogP contribution in [0, 0.1) is 0 Å². The van der Waals surface area contributed by atoms with Gasteiger partial charge in [0.25, 0.3) is 6.47 Å². The van der Waals surface area contributed by atoms with Gasteiger partial charge in [-0.2, -0.15) is 0 Å². The van der Waals surface area contributed by atoms with Gasteiger partial charge in [0.15, 0.2) is 0 Å². The maximum absolute atomic E-state index is 9.79. The van der Waals surface area contributed by atoms with E-state index in [0.717, 1.165) is 0 Å². The molecule has 0 aromatic heterocycles. The fourth-order valence-corrected chi connectivity index (χ4v) is 0.222. The zero-order valence-corrected chi connectivity index (χ0v) is 5.92. The van der Waals surface area contributed by atoms with Crippen molar-refractivity contribution in [1.29, 1.82) is 0 Å². The lowest BCUT2D eigenvalue weighted by atomic mass is 10.0. The molecule has 0 aliphatic carbocycles. The Balaban J connectivity index is 3.84. The molecule has 0 heterocycles. The highest BCUT2D eigenvalue weighted by Gasteiger charge is 2.24. The number of rotatable bonds is 3. The van der Waals surface area contributed by atoms with E-state index in [9.17, 15) is 4.79 Å². The minimum atomic E-state index is -0.762. The highest BCUT2D eigenvalue weighted by Crippen LogP contribution is 2.12. The molecule has 0 radical (unpaired) electrons. The van der Waals surface area contributed by atoms with Crippen molar-refractivity contribution in [3.05, 3.63) is 0 Å². The van der Waals surface area contributed by atoms with Crippen LogP contribution < -0.4 is 0 Å². The molecule has 0 aliphatic rings. The van der Waals surface area contributed by atoms with E-state index >= 15 is 0 Å². The van der Waals surface area contributed by atoms with Gasteiger partial charge in [0.2, 0.25) is 0 Å². The van der Waals surface area contributed by atoms with Gasteiger partial charge in [-0.1, -0.05) is 0 Å². The molecule has 0 rings (SSSR count). The Labute approximate surface area is 54.6 Å². The number of carbonyl (C=O) groups is 1. The Kier molecular flexibility index (Phi) is 2.65. The van der Waals surface area contributed by atoms with Crippen molar-refractivity contribution >= 4 is 6.47 Å². The van der Waals surface area contributed by atoms with E-state index in [1.165, 1.54) is 0 Å². The molecule has 0 aromatic carbocycles. The number of aliphatic hydroxyl groups is 1. The Hall–Kier alpha value is -0.570. The van der Waals surface area contributed by atoms with E-state index in [1.54, 1.807) is 20.8 Å². The lowest BCUT2D eigenvalue weighted by Gasteiger charge is -2.25. The number of aliphatic hydroxyl groups excluding tert-OH is 1. The van der Waals surface area contributed by atoms with Crippen LogP contribution in [0.1, 0.15) is 20.8 Å².